The van der Waals surface area contributed by atoms with Gasteiger partial charge in [-0.2, -0.15) is 0 Å². The zero-order chi connectivity index (χ0) is 22.3. The molecule has 1 amide bonds. The standard InChI is InChI=1S/C22H21ClN2O4S2/c1-29-21-10-6-5-9-19(21)25-31(27,28)17-11-12-18(23)20(15-17)24-22(26)13-14-30-16-7-3-2-4-8-16/h2-12,15,25H,13-14H2,1H3,(H,24,26). The van der Waals surface area contributed by atoms with E-state index in [0.717, 1.165) is 4.90 Å². The van der Waals surface area contributed by atoms with Crippen molar-refractivity contribution in [1.29, 1.82) is 0 Å². The predicted octanol–water partition coefficient (Wildman–Crippen LogP) is 5.27. The number of rotatable bonds is 9. The number of ether oxygens (including phenoxy) is 1. The van der Waals surface area contributed by atoms with Crippen molar-refractivity contribution < 1.29 is 17.9 Å². The van der Waals surface area contributed by atoms with E-state index in [1.807, 2.05) is 30.3 Å². The third kappa shape index (κ3) is 6.40. The van der Waals surface area contributed by atoms with E-state index in [4.69, 9.17) is 16.3 Å². The summed E-state index contributed by atoms with van der Waals surface area (Å²) in [5.41, 5.74) is 0.544. The molecule has 0 aliphatic carbocycles. The zero-order valence-electron chi connectivity index (χ0n) is 16.7. The van der Waals surface area contributed by atoms with E-state index in [2.05, 4.69) is 10.0 Å². The van der Waals surface area contributed by atoms with E-state index in [1.54, 1.807) is 36.0 Å². The number of hydrogen-bond acceptors (Lipinski definition) is 5. The van der Waals surface area contributed by atoms with Crippen LogP contribution in [-0.2, 0) is 14.8 Å². The molecule has 0 aliphatic heterocycles. The maximum Gasteiger partial charge on any atom is 0.262 e. The number of methoxy groups -OCH3 is 1. The first-order valence-electron chi connectivity index (χ1n) is 9.32. The summed E-state index contributed by atoms with van der Waals surface area (Å²) in [5, 5.41) is 2.94. The van der Waals surface area contributed by atoms with Crippen LogP contribution in [0.4, 0.5) is 11.4 Å². The molecule has 31 heavy (non-hydrogen) atoms. The fourth-order valence-corrected chi connectivity index (χ4v) is 4.82. The number of nitrogens with one attached hydrogen (secondary N) is 2. The summed E-state index contributed by atoms with van der Waals surface area (Å²) in [6, 6.07) is 20.6. The normalized spacial score (nSPS) is 11.0. The number of para-hydroxylation sites is 2. The number of carbonyl (C=O) groups excluding carboxylic acids is 1. The molecular weight excluding hydrogens is 456 g/mol. The number of carbonyl (C=O) groups is 1. The third-order valence-corrected chi connectivity index (χ3v) is 6.92. The molecule has 0 aromatic heterocycles. The second kappa shape index (κ2) is 10.6. The minimum absolute atomic E-state index is 0.0308. The van der Waals surface area contributed by atoms with Crippen LogP contribution in [-0.4, -0.2) is 27.2 Å². The zero-order valence-corrected chi connectivity index (χ0v) is 19.1. The van der Waals surface area contributed by atoms with E-state index in [9.17, 15) is 13.2 Å². The lowest BCUT2D eigenvalue weighted by molar-refractivity contribution is -0.115. The van der Waals surface area contributed by atoms with Gasteiger partial charge < -0.3 is 10.1 Å². The van der Waals surface area contributed by atoms with Crippen molar-refractivity contribution in [1.82, 2.24) is 0 Å². The van der Waals surface area contributed by atoms with Gasteiger partial charge in [0.05, 0.1) is 28.4 Å². The van der Waals surface area contributed by atoms with Crippen molar-refractivity contribution in [3.8, 4) is 5.75 Å². The molecule has 0 spiro atoms. The monoisotopic (exact) mass is 476 g/mol. The smallest absolute Gasteiger partial charge is 0.262 e. The molecule has 0 heterocycles. The quantitative estimate of drug-likeness (QED) is 0.411. The van der Waals surface area contributed by atoms with E-state index < -0.39 is 10.0 Å². The molecule has 0 saturated heterocycles. The highest BCUT2D eigenvalue weighted by molar-refractivity contribution is 7.99. The summed E-state index contributed by atoms with van der Waals surface area (Å²) in [7, 11) is -2.46. The van der Waals surface area contributed by atoms with Crippen LogP contribution in [0.3, 0.4) is 0 Å². The van der Waals surface area contributed by atoms with Crippen LogP contribution in [0.5, 0.6) is 5.75 Å². The fourth-order valence-electron chi connectivity index (χ4n) is 2.69. The highest BCUT2D eigenvalue weighted by Gasteiger charge is 2.18. The van der Waals surface area contributed by atoms with Crippen LogP contribution < -0.4 is 14.8 Å². The Morgan fingerprint density at radius 2 is 1.71 bits per heavy atom. The first kappa shape index (κ1) is 23.0. The lowest BCUT2D eigenvalue weighted by Gasteiger charge is -2.13. The van der Waals surface area contributed by atoms with Gasteiger partial charge in [0.15, 0.2) is 0 Å². The Bertz CT molecular complexity index is 1160. The minimum Gasteiger partial charge on any atom is -0.495 e. The van der Waals surface area contributed by atoms with Gasteiger partial charge in [0.2, 0.25) is 5.91 Å². The van der Waals surface area contributed by atoms with Gasteiger partial charge in [-0.05, 0) is 42.5 Å². The maximum absolute atomic E-state index is 12.8. The lowest BCUT2D eigenvalue weighted by atomic mass is 10.3. The number of sulfonamides is 1. The summed E-state index contributed by atoms with van der Waals surface area (Å²) in [6.07, 6.45) is 0.256. The summed E-state index contributed by atoms with van der Waals surface area (Å²) < 4.78 is 33.3. The van der Waals surface area contributed by atoms with Gasteiger partial charge in [0.25, 0.3) is 10.0 Å². The molecule has 0 aliphatic rings. The van der Waals surface area contributed by atoms with Gasteiger partial charge in [-0.1, -0.05) is 41.9 Å². The minimum atomic E-state index is -3.92. The number of anilines is 2. The average Bonchev–Trinajstić information content (AvgIpc) is 2.76. The molecule has 0 bridgehead atoms. The number of hydrogen-bond donors (Lipinski definition) is 2. The molecule has 3 rings (SSSR count). The first-order chi connectivity index (χ1) is 14.9. The van der Waals surface area contributed by atoms with Crippen LogP contribution in [0.25, 0.3) is 0 Å². The van der Waals surface area contributed by atoms with Gasteiger partial charge in [0.1, 0.15) is 5.75 Å². The van der Waals surface area contributed by atoms with Gasteiger partial charge in [-0.15, -0.1) is 11.8 Å². The van der Waals surface area contributed by atoms with Gasteiger partial charge in [0, 0.05) is 17.1 Å². The molecule has 6 nitrogen and oxygen atoms in total. The summed E-state index contributed by atoms with van der Waals surface area (Å²) >= 11 is 7.74. The number of benzene rings is 3. The molecule has 0 atom stereocenters. The van der Waals surface area contributed by atoms with Crippen LogP contribution in [0, 0.1) is 0 Å². The Kier molecular flexibility index (Phi) is 7.84. The average molecular weight is 477 g/mol. The molecule has 0 fully saturated rings. The Balaban J connectivity index is 1.68. The van der Waals surface area contributed by atoms with E-state index in [0.29, 0.717) is 17.2 Å². The molecule has 0 radical (unpaired) electrons. The third-order valence-electron chi connectivity index (χ3n) is 4.21. The van der Waals surface area contributed by atoms with Crippen molar-refractivity contribution in [2.24, 2.45) is 0 Å². The Morgan fingerprint density at radius 1 is 1.00 bits per heavy atom. The molecular formula is C22H21ClN2O4S2. The number of halogens is 1. The highest BCUT2D eigenvalue weighted by Crippen LogP contribution is 2.29. The van der Waals surface area contributed by atoms with Crippen molar-refractivity contribution in [2.45, 2.75) is 16.2 Å². The van der Waals surface area contributed by atoms with Crippen LogP contribution in [0.2, 0.25) is 5.02 Å². The van der Waals surface area contributed by atoms with Gasteiger partial charge in [-0.25, -0.2) is 8.42 Å². The summed E-state index contributed by atoms with van der Waals surface area (Å²) in [4.78, 5) is 13.4. The van der Waals surface area contributed by atoms with Crippen molar-refractivity contribution in [3.05, 3.63) is 77.8 Å². The largest absolute Gasteiger partial charge is 0.495 e. The SMILES string of the molecule is COc1ccccc1NS(=O)(=O)c1ccc(Cl)c(NC(=O)CCSc2ccccc2)c1. The van der Waals surface area contributed by atoms with Crippen LogP contribution in [0.1, 0.15) is 6.42 Å². The maximum atomic E-state index is 12.8. The van der Waals surface area contributed by atoms with E-state index >= 15 is 0 Å². The molecule has 0 unspecified atom stereocenters. The van der Waals surface area contributed by atoms with Gasteiger partial charge in [-0.3, -0.25) is 9.52 Å². The molecule has 3 aromatic carbocycles. The number of thioether (sulfide) groups is 1. The van der Waals surface area contributed by atoms with Crippen molar-refractivity contribution >= 4 is 50.7 Å². The topological polar surface area (TPSA) is 84.5 Å². The van der Waals surface area contributed by atoms with E-state index in [1.165, 1.54) is 25.3 Å². The second-order valence-electron chi connectivity index (χ2n) is 6.41. The summed E-state index contributed by atoms with van der Waals surface area (Å²) in [6.45, 7) is 0. The van der Waals surface area contributed by atoms with Crippen LogP contribution in [0.15, 0.2) is 82.6 Å². The molecule has 0 saturated carbocycles. The first-order valence-corrected chi connectivity index (χ1v) is 12.2. The Labute approximate surface area is 191 Å². The summed E-state index contributed by atoms with van der Waals surface area (Å²) in [5.74, 6) is 0.725. The molecule has 9 heteroatoms. The Hall–Kier alpha value is -2.68. The second-order valence-corrected chi connectivity index (χ2v) is 9.67. The van der Waals surface area contributed by atoms with Crippen LogP contribution >= 0.6 is 23.4 Å². The molecule has 2 N–H and O–H groups in total. The van der Waals surface area contributed by atoms with Crippen molar-refractivity contribution in [2.75, 3.05) is 22.9 Å². The molecule has 162 valence electrons. The highest BCUT2D eigenvalue weighted by atomic mass is 35.5. The number of amides is 1. The van der Waals surface area contributed by atoms with E-state index in [-0.39, 0.29) is 27.9 Å². The van der Waals surface area contributed by atoms with Crippen molar-refractivity contribution in [3.63, 3.8) is 0 Å². The predicted molar refractivity (Wildman–Crippen MR) is 126 cm³/mol. The fraction of sp³-hybridized carbons (Fsp3) is 0.136. The Morgan fingerprint density at radius 3 is 2.45 bits per heavy atom. The molecule has 3 aromatic rings. The lowest BCUT2D eigenvalue weighted by Crippen LogP contribution is -2.16. The van der Waals surface area contributed by atoms with Gasteiger partial charge >= 0.3 is 0 Å².